The van der Waals surface area contributed by atoms with Gasteiger partial charge in [-0.15, -0.1) is 25.6 Å². The molecule has 1 fully saturated rings. The van der Waals surface area contributed by atoms with Crippen molar-refractivity contribution in [2.24, 2.45) is 0 Å². The molecule has 1 atom stereocenters. The molecule has 1 heterocycles. The molecule has 1 aliphatic heterocycles. The lowest BCUT2D eigenvalue weighted by Crippen LogP contribution is -2.45. The normalized spacial score (nSPS) is 16.8. The maximum atomic E-state index is 12.5. The maximum Gasteiger partial charge on any atom is 0.573 e. The Balaban J connectivity index is 0.00000312. The Morgan fingerprint density at radius 3 is 2.48 bits per heavy atom. The van der Waals surface area contributed by atoms with Crippen LogP contribution in [0.3, 0.4) is 0 Å². The van der Waals surface area contributed by atoms with Crippen molar-refractivity contribution in [3.63, 3.8) is 0 Å². The molecule has 0 saturated carbocycles. The Morgan fingerprint density at radius 2 is 1.92 bits per heavy atom. The van der Waals surface area contributed by atoms with Gasteiger partial charge in [-0.2, -0.15) is 0 Å². The summed E-state index contributed by atoms with van der Waals surface area (Å²) in [7, 11) is 1.54. The minimum atomic E-state index is -4.69. The summed E-state index contributed by atoms with van der Waals surface area (Å²) in [6.07, 6.45) is -1.78. The number of benzene rings is 1. The van der Waals surface area contributed by atoms with Crippen LogP contribution < -0.4 is 14.8 Å². The molecule has 0 bridgehead atoms. The second-order valence-corrected chi connectivity index (χ2v) is 5.90. The van der Waals surface area contributed by atoms with Gasteiger partial charge in [0.1, 0.15) is 11.5 Å². The average Bonchev–Trinajstić information content (AvgIpc) is 2.55. The monoisotopic (exact) mass is 382 g/mol. The lowest BCUT2D eigenvalue weighted by Gasteiger charge is -2.36. The van der Waals surface area contributed by atoms with Crippen molar-refractivity contribution in [3.8, 4) is 11.5 Å². The van der Waals surface area contributed by atoms with Gasteiger partial charge in [-0.05, 0) is 24.6 Å². The van der Waals surface area contributed by atoms with Gasteiger partial charge < -0.3 is 14.8 Å². The Labute approximate surface area is 153 Å². The maximum absolute atomic E-state index is 12.5. The minimum Gasteiger partial charge on any atom is -0.496 e. The third-order valence-electron chi connectivity index (χ3n) is 4.22. The zero-order valence-corrected chi connectivity index (χ0v) is 15.4. The second kappa shape index (κ2) is 10.1. The number of methoxy groups -OCH3 is 1. The number of piperazine rings is 1. The molecular formula is C17H26ClF3N2O2. The third kappa shape index (κ3) is 6.56. The molecule has 0 aromatic heterocycles. The first kappa shape index (κ1) is 21.9. The number of hydrogen-bond acceptors (Lipinski definition) is 4. The van der Waals surface area contributed by atoms with Crippen molar-refractivity contribution >= 4 is 12.4 Å². The average molecular weight is 383 g/mol. The molecule has 0 amide bonds. The standard InChI is InChI=1S/C17H25F3N2O2.ClH/c1-3-4-5-15(22-10-8-21-9-11-22)14-12-13(24-17(18,19)20)6-7-16(14)23-2;/h6-7,12,15,21H,3-5,8-11H2,1-2H3;1H/t15-;/m1./s1. The first-order valence-corrected chi connectivity index (χ1v) is 8.33. The van der Waals surface area contributed by atoms with Gasteiger partial charge in [-0.25, -0.2) is 0 Å². The molecular weight excluding hydrogens is 357 g/mol. The Kier molecular flexibility index (Phi) is 8.82. The van der Waals surface area contributed by atoms with E-state index in [9.17, 15) is 13.2 Å². The van der Waals surface area contributed by atoms with Gasteiger partial charge in [0.25, 0.3) is 0 Å². The van der Waals surface area contributed by atoms with Gasteiger partial charge in [0, 0.05) is 37.8 Å². The van der Waals surface area contributed by atoms with Crippen molar-refractivity contribution in [2.45, 2.75) is 38.6 Å². The molecule has 0 unspecified atom stereocenters. The predicted molar refractivity (Wildman–Crippen MR) is 93.6 cm³/mol. The van der Waals surface area contributed by atoms with Crippen LogP contribution >= 0.6 is 12.4 Å². The molecule has 25 heavy (non-hydrogen) atoms. The number of ether oxygens (including phenoxy) is 2. The summed E-state index contributed by atoms with van der Waals surface area (Å²) in [6.45, 7) is 5.59. The van der Waals surface area contributed by atoms with Crippen molar-refractivity contribution < 1.29 is 22.6 Å². The molecule has 144 valence electrons. The summed E-state index contributed by atoms with van der Waals surface area (Å²) in [5.74, 6) is 0.402. The molecule has 1 aromatic rings. The number of nitrogens with one attached hydrogen (secondary N) is 1. The molecule has 1 N–H and O–H groups in total. The lowest BCUT2D eigenvalue weighted by molar-refractivity contribution is -0.274. The number of halogens is 4. The Morgan fingerprint density at radius 1 is 1.24 bits per heavy atom. The molecule has 4 nitrogen and oxygen atoms in total. The van der Waals surface area contributed by atoms with Crippen LogP contribution in [0.5, 0.6) is 11.5 Å². The van der Waals surface area contributed by atoms with Gasteiger partial charge in [0.2, 0.25) is 0 Å². The first-order chi connectivity index (χ1) is 11.4. The third-order valence-corrected chi connectivity index (χ3v) is 4.22. The largest absolute Gasteiger partial charge is 0.573 e. The Bertz CT molecular complexity index is 523. The molecule has 8 heteroatoms. The van der Waals surface area contributed by atoms with Gasteiger partial charge in [0.05, 0.1) is 7.11 Å². The summed E-state index contributed by atoms with van der Waals surface area (Å²) in [6, 6.07) is 4.34. The predicted octanol–water partition coefficient (Wildman–Crippen LogP) is 4.15. The highest BCUT2D eigenvalue weighted by Crippen LogP contribution is 2.37. The number of unbranched alkanes of at least 4 members (excludes halogenated alkanes) is 1. The smallest absolute Gasteiger partial charge is 0.496 e. The van der Waals surface area contributed by atoms with Gasteiger partial charge >= 0.3 is 6.36 Å². The van der Waals surface area contributed by atoms with E-state index in [2.05, 4.69) is 21.9 Å². The van der Waals surface area contributed by atoms with Crippen LogP contribution in [0, 0.1) is 0 Å². The van der Waals surface area contributed by atoms with E-state index in [1.165, 1.54) is 19.2 Å². The second-order valence-electron chi connectivity index (χ2n) is 5.90. The van der Waals surface area contributed by atoms with Crippen molar-refractivity contribution in [3.05, 3.63) is 23.8 Å². The summed E-state index contributed by atoms with van der Waals surface area (Å²) in [4.78, 5) is 2.31. The molecule has 1 saturated heterocycles. The van der Waals surface area contributed by atoms with E-state index < -0.39 is 6.36 Å². The van der Waals surface area contributed by atoms with Crippen LogP contribution in [0.4, 0.5) is 13.2 Å². The van der Waals surface area contributed by atoms with E-state index in [4.69, 9.17) is 4.74 Å². The molecule has 1 aliphatic rings. The highest BCUT2D eigenvalue weighted by molar-refractivity contribution is 5.85. The fourth-order valence-corrected chi connectivity index (χ4v) is 3.10. The van der Waals surface area contributed by atoms with Gasteiger partial charge in [-0.1, -0.05) is 19.8 Å². The van der Waals surface area contributed by atoms with E-state index in [-0.39, 0.29) is 24.2 Å². The first-order valence-electron chi connectivity index (χ1n) is 8.33. The molecule has 1 aromatic carbocycles. The Hall–Kier alpha value is -1.18. The molecule has 0 radical (unpaired) electrons. The SMILES string of the molecule is CCCC[C@H](c1cc(OC(F)(F)F)ccc1OC)N1CCNCC1.Cl. The van der Waals surface area contributed by atoms with Gasteiger partial charge in [0.15, 0.2) is 0 Å². The lowest BCUT2D eigenvalue weighted by atomic mass is 9.97. The van der Waals surface area contributed by atoms with Gasteiger partial charge in [-0.3, -0.25) is 4.90 Å². The molecule has 2 rings (SSSR count). The van der Waals surface area contributed by atoms with Crippen molar-refractivity contribution in [1.82, 2.24) is 10.2 Å². The number of nitrogens with zero attached hydrogens (tertiary/aromatic N) is 1. The van der Waals surface area contributed by atoms with Crippen LogP contribution in [-0.4, -0.2) is 44.6 Å². The summed E-state index contributed by atoms with van der Waals surface area (Å²) in [5.41, 5.74) is 0.759. The van der Waals surface area contributed by atoms with Crippen LogP contribution in [-0.2, 0) is 0 Å². The quantitative estimate of drug-likeness (QED) is 0.768. The zero-order valence-electron chi connectivity index (χ0n) is 14.6. The highest BCUT2D eigenvalue weighted by Gasteiger charge is 2.32. The molecule has 0 spiro atoms. The highest BCUT2D eigenvalue weighted by atomic mass is 35.5. The van der Waals surface area contributed by atoms with Crippen molar-refractivity contribution in [1.29, 1.82) is 0 Å². The summed E-state index contributed by atoms with van der Waals surface area (Å²) >= 11 is 0. The number of rotatable bonds is 7. The summed E-state index contributed by atoms with van der Waals surface area (Å²) in [5, 5.41) is 3.30. The fourth-order valence-electron chi connectivity index (χ4n) is 3.10. The summed E-state index contributed by atoms with van der Waals surface area (Å²) < 4.78 is 47.1. The van der Waals surface area contributed by atoms with Crippen LogP contribution in [0.15, 0.2) is 18.2 Å². The topological polar surface area (TPSA) is 33.7 Å². The van der Waals surface area contributed by atoms with E-state index in [1.807, 2.05) is 0 Å². The number of alkyl halides is 3. The van der Waals surface area contributed by atoms with Crippen LogP contribution in [0.2, 0.25) is 0 Å². The minimum absolute atomic E-state index is 0. The van der Waals surface area contributed by atoms with Crippen molar-refractivity contribution in [2.75, 3.05) is 33.3 Å². The molecule has 0 aliphatic carbocycles. The van der Waals surface area contributed by atoms with E-state index in [1.54, 1.807) is 6.07 Å². The van der Waals surface area contributed by atoms with E-state index >= 15 is 0 Å². The van der Waals surface area contributed by atoms with E-state index in [0.29, 0.717) is 5.75 Å². The van der Waals surface area contributed by atoms with Crippen LogP contribution in [0.25, 0.3) is 0 Å². The number of hydrogen-bond donors (Lipinski definition) is 1. The van der Waals surface area contributed by atoms with E-state index in [0.717, 1.165) is 51.0 Å². The fraction of sp³-hybridized carbons (Fsp3) is 0.647. The van der Waals surface area contributed by atoms with Crippen LogP contribution in [0.1, 0.15) is 37.8 Å². The zero-order chi connectivity index (χ0) is 17.6.